The predicted octanol–water partition coefficient (Wildman–Crippen LogP) is 3.54. The summed E-state index contributed by atoms with van der Waals surface area (Å²) in [5.41, 5.74) is 1.98. The minimum atomic E-state index is 0.498. The number of hydrogen-bond acceptors (Lipinski definition) is 6. The van der Waals surface area contributed by atoms with Crippen molar-refractivity contribution in [3.63, 3.8) is 0 Å². The third kappa shape index (κ3) is 3.12. The molecule has 3 aromatic rings. The molecular weight excluding hydrogens is 362 g/mol. The number of rotatable bonds is 4. The van der Waals surface area contributed by atoms with Crippen LogP contribution in [-0.2, 0) is 0 Å². The first-order valence-electron chi connectivity index (χ1n) is 11.0. The van der Waals surface area contributed by atoms with Crippen molar-refractivity contribution >= 4 is 22.7 Å². The molecule has 3 fully saturated rings. The zero-order valence-corrected chi connectivity index (χ0v) is 16.7. The molecule has 0 amide bonds. The quantitative estimate of drug-likeness (QED) is 0.680. The zero-order valence-electron chi connectivity index (χ0n) is 16.7. The lowest BCUT2D eigenvalue weighted by molar-refractivity contribution is 0.463. The maximum atomic E-state index is 5.08. The predicted molar refractivity (Wildman–Crippen MR) is 113 cm³/mol. The molecule has 2 aliphatic heterocycles. The molecule has 3 aliphatic rings. The minimum absolute atomic E-state index is 0.498. The number of anilines is 2. The monoisotopic (exact) mass is 389 g/mol. The van der Waals surface area contributed by atoms with Gasteiger partial charge in [0.1, 0.15) is 12.2 Å². The molecule has 4 heterocycles. The average molecular weight is 390 g/mol. The Kier molecular flexibility index (Phi) is 4.13. The van der Waals surface area contributed by atoms with Crippen LogP contribution in [0.2, 0.25) is 0 Å². The first kappa shape index (κ1) is 17.2. The zero-order chi connectivity index (χ0) is 19.2. The van der Waals surface area contributed by atoms with Gasteiger partial charge in [-0.15, -0.1) is 10.2 Å². The molecule has 7 heteroatoms. The summed E-state index contributed by atoms with van der Waals surface area (Å²) in [7, 11) is 0. The Labute approximate surface area is 170 Å². The SMILES string of the molecule is c1ccc2nc(N3CCC(c4nncn4C4CC4)CC3)c(N3CCCC3)nc2c1. The van der Waals surface area contributed by atoms with Gasteiger partial charge in [0, 0.05) is 38.1 Å². The van der Waals surface area contributed by atoms with Crippen LogP contribution in [0.1, 0.15) is 56.3 Å². The summed E-state index contributed by atoms with van der Waals surface area (Å²) in [6, 6.07) is 8.89. The van der Waals surface area contributed by atoms with Crippen molar-refractivity contribution in [1.29, 1.82) is 0 Å². The van der Waals surface area contributed by atoms with Crippen LogP contribution in [0.4, 0.5) is 11.6 Å². The molecule has 0 spiro atoms. The number of hydrogen-bond donors (Lipinski definition) is 0. The fourth-order valence-corrected chi connectivity index (χ4v) is 4.86. The van der Waals surface area contributed by atoms with Gasteiger partial charge >= 0.3 is 0 Å². The standard InChI is InChI=1S/C22H27N7/c1-2-6-19-18(5-1)24-21(27-11-3-4-12-27)22(25-19)28-13-9-16(10-14-28)20-26-23-15-29(20)17-7-8-17/h1-2,5-6,15-17H,3-4,7-14H2. The third-order valence-electron chi connectivity index (χ3n) is 6.64. The first-order valence-corrected chi connectivity index (χ1v) is 11.0. The summed E-state index contributed by atoms with van der Waals surface area (Å²) in [5, 5.41) is 8.69. The first-order chi connectivity index (χ1) is 14.4. The molecule has 1 saturated carbocycles. The van der Waals surface area contributed by atoms with Crippen LogP contribution in [0.15, 0.2) is 30.6 Å². The maximum Gasteiger partial charge on any atom is 0.172 e. The lowest BCUT2D eigenvalue weighted by Crippen LogP contribution is -2.36. The van der Waals surface area contributed by atoms with Crippen LogP contribution in [0.25, 0.3) is 11.0 Å². The van der Waals surface area contributed by atoms with E-state index in [0.29, 0.717) is 12.0 Å². The van der Waals surface area contributed by atoms with Gasteiger partial charge in [-0.25, -0.2) is 9.97 Å². The second-order valence-corrected chi connectivity index (χ2v) is 8.64. The molecular formula is C22H27N7. The Morgan fingerprint density at radius 2 is 1.38 bits per heavy atom. The molecule has 2 aromatic heterocycles. The molecule has 1 aromatic carbocycles. The van der Waals surface area contributed by atoms with Gasteiger partial charge in [0.2, 0.25) is 0 Å². The van der Waals surface area contributed by atoms with E-state index >= 15 is 0 Å². The fourth-order valence-electron chi connectivity index (χ4n) is 4.86. The molecule has 6 rings (SSSR count). The highest BCUT2D eigenvalue weighted by molar-refractivity contribution is 5.81. The van der Waals surface area contributed by atoms with E-state index in [2.05, 4.69) is 36.7 Å². The normalized spacial score (nSPS) is 20.7. The number of piperidine rings is 1. The third-order valence-corrected chi connectivity index (χ3v) is 6.64. The Hall–Kier alpha value is -2.70. The van der Waals surface area contributed by atoms with E-state index in [4.69, 9.17) is 9.97 Å². The molecule has 2 saturated heterocycles. The number of benzene rings is 1. The van der Waals surface area contributed by atoms with Crippen LogP contribution in [0.5, 0.6) is 0 Å². The van der Waals surface area contributed by atoms with Crippen molar-refractivity contribution < 1.29 is 0 Å². The van der Waals surface area contributed by atoms with E-state index in [9.17, 15) is 0 Å². The Balaban J connectivity index is 1.28. The fraction of sp³-hybridized carbons (Fsp3) is 0.545. The van der Waals surface area contributed by atoms with E-state index in [1.165, 1.54) is 31.5 Å². The van der Waals surface area contributed by atoms with Crippen LogP contribution >= 0.6 is 0 Å². The molecule has 0 atom stereocenters. The van der Waals surface area contributed by atoms with E-state index in [1.807, 2.05) is 18.5 Å². The smallest absolute Gasteiger partial charge is 0.172 e. The van der Waals surface area contributed by atoms with Crippen molar-refractivity contribution in [2.24, 2.45) is 0 Å². The van der Waals surface area contributed by atoms with Gasteiger partial charge < -0.3 is 14.4 Å². The maximum absolute atomic E-state index is 5.08. The van der Waals surface area contributed by atoms with E-state index in [1.54, 1.807) is 0 Å². The van der Waals surface area contributed by atoms with Crippen LogP contribution in [0, 0.1) is 0 Å². The summed E-state index contributed by atoms with van der Waals surface area (Å²) < 4.78 is 2.33. The van der Waals surface area contributed by atoms with Gasteiger partial charge in [0.15, 0.2) is 11.6 Å². The molecule has 0 unspecified atom stereocenters. The lowest BCUT2D eigenvalue weighted by Gasteiger charge is -2.34. The summed E-state index contributed by atoms with van der Waals surface area (Å²) >= 11 is 0. The summed E-state index contributed by atoms with van der Waals surface area (Å²) in [4.78, 5) is 15.0. The number of fused-ring (bicyclic) bond motifs is 1. The Bertz CT molecular complexity index is 1010. The Morgan fingerprint density at radius 3 is 2.00 bits per heavy atom. The van der Waals surface area contributed by atoms with Crippen LogP contribution in [0.3, 0.4) is 0 Å². The van der Waals surface area contributed by atoms with Crippen molar-refractivity contribution in [2.45, 2.75) is 50.5 Å². The number of nitrogens with zero attached hydrogens (tertiary/aromatic N) is 7. The van der Waals surface area contributed by atoms with Gasteiger partial charge in [0.05, 0.1) is 11.0 Å². The van der Waals surface area contributed by atoms with Gasteiger partial charge in [0.25, 0.3) is 0 Å². The van der Waals surface area contributed by atoms with E-state index in [-0.39, 0.29) is 0 Å². The van der Waals surface area contributed by atoms with Crippen LogP contribution < -0.4 is 9.80 Å². The summed E-state index contributed by atoms with van der Waals surface area (Å²) in [6.45, 7) is 4.16. The second-order valence-electron chi connectivity index (χ2n) is 8.64. The van der Waals surface area contributed by atoms with Gasteiger partial charge in [-0.05, 0) is 50.7 Å². The molecule has 1 aliphatic carbocycles. The highest BCUT2D eigenvalue weighted by atomic mass is 15.3. The van der Waals surface area contributed by atoms with Crippen molar-refractivity contribution in [1.82, 2.24) is 24.7 Å². The Morgan fingerprint density at radius 1 is 0.759 bits per heavy atom. The molecule has 0 N–H and O–H groups in total. The topological polar surface area (TPSA) is 63.0 Å². The average Bonchev–Trinajstić information content (AvgIpc) is 3.26. The minimum Gasteiger partial charge on any atom is -0.354 e. The molecule has 7 nitrogen and oxygen atoms in total. The highest BCUT2D eigenvalue weighted by Crippen LogP contribution is 2.39. The summed E-state index contributed by atoms with van der Waals surface area (Å²) in [6.07, 6.45) is 9.16. The lowest BCUT2D eigenvalue weighted by atomic mass is 9.96. The second kappa shape index (κ2) is 6.97. The molecule has 29 heavy (non-hydrogen) atoms. The molecule has 0 bridgehead atoms. The van der Waals surface area contributed by atoms with Crippen molar-refractivity contribution in [2.75, 3.05) is 36.0 Å². The van der Waals surface area contributed by atoms with Crippen molar-refractivity contribution in [3.05, 3.63) is 36.4 Å². The van der Waals surface area contributed by atoms with E-state index in [0.717, 1.165) is 61.7 Å². The highest BCUT2D eigenvalue weighted by Gasteiger charge is 2.32. The molecule has 150 valence electrons. The van der Waals surface area contributed by atoms with Crippen molar-refractivity contribution in [3.8, 4) is 0 Å². The van der Waals surface area contributed by atoms with Gasteiger partial charge in [-0.3, -0.25) is 0 Å². The number of aromatic nitrogens is 5. The van der Waals surface area contributed by atoms with Crippen LogP contribution in [-0.4, -0.2) is 50.9 Å². The van der Waals surface area contributed by atoms with Gasteiger partial charge in [-0.2, -0.15) is 0 Å². The number of para-hydroxylation sites is 2. The summed E-state index contributed by atoms with van der Waals surface area (Å²) in [5.74, 6) is 3.82. The molecule has 0 radical (unpaired) electrons. The van der Waals surface area contributed by atoms with Gasteiger partial charge in [-0.1, -0.05) is 12.1 Å². The van der Waals surface area contributed by atoms with E-state index < -0.39 is 0 Å². The largest absolute Gasteiger partial charge is 0.354 e.